The Balaban J connectivity index is 2.46. The van der Waals surface area contributed by atoms with E-state index in [2.05, 4.69) is 15.4 Å². The van der Waals surface area contributed by atoms with Crippen LogP contribution in [0.3, 0.4) is 0 Å². The second-order valence-corrected chi connectivity index (χ2v) is 4.39. The van der Waals surface area contributed by atoms with Crippen LogP contribution in [0.4, 0.5) is 0 Å². The van der Waals surface area contributed by atoms with E-state index in [-0.39, 0.29) is 19.1 Å². The number of likely N-dealkylation sites (N-methyl/N-ethyl adjacent to an activating group) is 1. The lowest BCUT2D eigenvalue weighted by atomic mass is 10.1. The van der Waals surface area contributed by atoms with Crippen molar-refractivity contribution in [3.8, 4) is 0 Å². The minimum atomic E-state index is -0.661. The van der Waals surface area contributed by atoms with Gasteiger partial charge in [-0.05, 0) is 26.0 Å². The van der Waals surface area contributed by atoms with Crippen molar-refractivity contribution in [2.75, 3.05) is 20.2 Å². The number of ether oxygens (including phenoxy) is 1. The average molecular weight is 278 g/mol. The number of nitrogens with one attached hydrogen (secondary N) is 2. The van der Waals surface area contributed by atoms with Crippen molar-refractivity contribution in [1.82, 2.24) is 10.6 Å². The number of benzene rings is 1. The molecular formula is C14H18N2O4. The summed E-state index contributed by atoms with van der Waals surface area (Å²) in [6, 6.07) is 5.42. The molecular weight excluding hydrogens is 260 g/mol. The number of hydrogen-bond donors (Lipinski definition) is 2. The SMILES string of the molecule is CNC(=O)COC(=O)CNC(=O)c1cc(C)cc(C)c1. The van der Waals surface area contributed by atoms with Gasteiger partial charge in [-0.2, -0.15) is 0 Å². The maximum absolute atomic E-state index is 11.8. The van der Waals surface area contributed by atoms with Gasteiger partial charge in [-0.15, -0.1) is 0 Å². The smallest absolute Gasteiger partial charge is 0.325 e. The quantitative estimate of drug-likeness (QED) is 0.760. The summed E-state index contributed by atoms with van der Waals surface area (Å²) in [4.78, 5) is 34.0. The maximum atomic E-state index is 11.8. The molecule has 1 aromatic carbocycles. The highest BCUT2D eigenvalue weighted by Crippen LogP contribution is 2.08. The Kier molecular flexibility index (Phi) is 5.71. The number of rotatable bonds is 5. The van der Waals surface area contributed by atoms with Crippen LogP contribution in [-0.2, 0) is 14.3 Å². The van der Waals surface area contributed by atoms with Gasteiger partial charge >= 0.3 is 5.97 Å². The molecule has 108 valence electrons. The monoisotopic (exact) mass is 278 g/mol. The van der Waals surface area contributed by atoms with Gasteiger partial charge in [0.05, 0.1) is 0 Å². The fourth-order valence-electron chi connectivity index (χ4n) is 1.63. The fourth-order valence-corrected chi connectivity index (χ4v) is 1.63. The zero-order valence-electron chi connectivity index (χ0n) is 11.8. The molecule has 0 spiro atoms. The first-order valence-corrected chi connectivity index (χ1v) is 6.15. The molecule has 0 aliphatic carbocycles. The Hall–Kier alpha value is -2.37. The second-order valence-electron chi connectivity index (χ2n) is 4.39. The molecule has 0 aromatic heterocycles. The summed E-state index contributed by atoms with van der Waals surface area (Å²) in [5.74, 6) is -1.42. The third-order valence-electron chi connectivity index (χ3n) is 2.52. The number of esters is 1. The number of carbonyl (C=O) groups is 3. The molecule has 0 heterocycles. The lowest BCUT2D eigenvalue weighted by Crippen LogP contribution is -2.33. The highest BCUT2D eigenvalue weighted by Gasteiger charge is 2.10. The van der Waals surface area contributed by atoms with Crippen LogP contribution >= 0.6 is 0 Å². The molecule has 2 N–H and O–H groups in total. The molecule has 0 aliphatic rings. The maximum Gasteiger partial charge on any atom is 0.325 e. The van der Waals surface area contributed by atoms with Crippen molar-refractivity contribution in [2.24, 2.45) is 0 Å². The summed E-state index contributed by atoms with van der Waals surface area (Å²) in [5, 5.41) is 4.77. The normalized spacial score (nSPS) is 9.75. The van der Waals surface area contributed by atoms with Gasteiger partial charge in [0.25, 0.3) is 11.8 Å². The van der Waals surface area contributed by atoms with Crippen molar-refractivity contribution in [3.05, 3.63) is 34.9 Å². The van der Waals surface area contributed by atoms with Crippen molar-refractivity contribution in [2.45, 2.75) is 13.8 Å². The highest BCUT2D eigenvalue weighted by molar-refractivity contribution is 5.96. The molecule has 0 fully saturated rings. The van der Waals surface area contributed by atoms with Gasteiger partial charge < -0.3 is 15.4 Å². The summed E-state index contributed by atoms with van der Waals surface area (Å²) in [6.45, 7) is 3.15. The molecule has 0 saturated carbocycles. The second kappa shape index (κ2) is 7.28. The Morgan fingerprint density at radius 1 is 1.10 bits per heavy atom. The first kappa shape index (κ1) is 15.7. The first-order valence-electron chi connectivity index (χ1n) is 6.15. The van der Waals surface area contributed by atoms with E-state index < -0.39 is 11.9 Å². The molecule has 0 unspecified atom stereocenters. The average Bonchev–Trinajstić information content (AvgIpc) is 2.40. The van der Waals surface area contributed by atoms with E-state index in [0.717, 1.165) is 11.1 Å². The summed E-state index contributed by atoms with van der Waals surface area (Å²) in [5.41, 5.74) is 2.43. The molecule has 6 nitrogen and oxygen atoms in total. The van der Waals surface area contributed by atoms with Crippen LogP contribution in [0.25, 0.3) is 0 Å². The Labute approximate surface area is 117 Å². The van der Waals surface area contributed by atoms with E-state index in [1.54, 1.807) is 12.1 Å². The molecule has 0 radical (unpaired) electrons. The summed E-state index contributed by atoms with van der Waals surface area (Å²) >= 11 is 0. The fraction of sp³-hybridized carbons (Fsp3) is 0.357. The lowest BCUT2D eigenvalue weighted by molar-refractivity contribution is -0.147. The van der Waals surface area contributed by atoms with Crippen LogP contribution in [-0.4, -0.2) is 38.0 Å². The van der Waals surface area contributed by atoms with Gasteiger partial charge in [0.15, 0.2) is 6.61 Å². The largest absolute Gasteiger partial charge is 0.454 e. The zero-order chi connectivity index (χ0) is 15.1. The third-order valence-corrected chi connectivity index (χ3v) is 2.52. The van der Waals surface area contributed by atoms with Gasteiger partial charge in [0.1, 0.15) is 6.54 Å². The van der Waals surface area contributed by atoms with Crippen LogP contribution < -0.4 is 10.6 Å². The molecule has 1 rings (SSSR count). The number of aryl methyl sites for hydroxylation is 2. The standard InChI is InChI=1S/C14H18N2O4/c1-9-4-10(2)6-11(5-9)14(19)16-7-13(18)20-8-12(17)15-3/h4-6H,7-8H2,1-3H3,(H,15,17)(H,16,19). The van der Waals surface area contributed by atoms with Gasteiger partial charge in [-0.25, -0.2) is 0 Å². The van der Waals surface area contributed by atoms with Crippen LogP contribution in [0.15, 0.2) is 18.2 Å². The van der Waals surface area contributed by atoms with Crippen molar-refractivity contribution in [3.63, 3.8) is 0 Å². The van der Waals surface area contributed by atoms with Crippen molar-refractivity contribution < 1.29 is 19.1 Å². The van der Waals surface area contributed by atoms with Crippen LogP contribution in [0.5, 0.6) is 0 Å². The van der Waals surface area contributed by atoms with E-state index in [9.17, 15) is 14.4 Å². The molecule has 20 heavy (non-hydrogen) atoms. The minimum Gasteiger partial charge on any atom is -0.454 e. The molecule has 2 amide bonds. The molecule has 0 bridgehead atoms. The van der Waals surface area contributed by atoms with E-state index in [1.165, 1.54) is 7.05 Å². The van der Waals surface area contributed by atoms with Gasteiger partial charge in [-0.1, -0.05) is 17.2 Å². The topological polar surface area (TPSA) is 84.5 Å². The number of hydrogen-bond acceptors (Lipinski definition) is 4. The minimum absolute atomic E-state index is 0.275. The van der Waals surface area contributed by atoms with E-state index in [4.69, 9.17) is 0 Å². The Morgan fingerprint density at radius 2 is 1.70 bits per heavy atom. The number of amides is 2. The zero-order valence-corrected chi connectivity index (χ0v) is 11.8. The van der Waals surface area contributed by atoms with Gasteiger partial charge in [-0.3, -0.25) is 14.4 Å². The molecule has 0 atom stereocenters. The Morgan fingerprint density at radius 3 is 2.25 bits per heavy atom. The number of carbonyl (C=O) groups excluding carboxylic acids is 3. The predicted molar refractivity (Wildman–Crippen MR) is 73.3 cm³/mol. The summed E-state index contributed by atoms with van der Waals surface area (Å²) in [6.07, 6.45) is 0. The predicted octanol–water partition coefficient (Wildman–Crippen LogP) is 0.322. The van der Waals surface area contributed by atoms with E-state index >= 15 is 0 Å². The Bertz CT molecular complexity index is 506. The summed E-state index contributed by atoms with van der Waals surface area (Å²) in [7, 11) is 1.44. The third kappa shape index (κ3) is 5.09. The van der Waals surface area contributed by atoms with Crippen molar-refractivity contribution in [1.29, 1.82) is 0 Å². The van der Waals surface area contributed by atoms with Crippen molar-refractivity contribution >= 4 is 17.8 Å². The summed E-state index contributed by atoms with van der Waals surface area (Å²) < 4.78 is 4.66. The first-order chi connectivity index (χ1) is 9.42. The molecule has 0 saturated heterocycles. The molecule has 6 heteroatoms. The van der Waals surface area contributed by atoms with E-state index in [0.29, 0.717) is 5.56 Å². The van der Waals surface area contributed by atoms with Crippen LogP contribution in [0, 0.1) is 13.8 Å². The van der Waals surface area contributed by atoms with E-state index in [1.807, 2.05) is 19.9 Å². The molecule has 0 aliphatic heterocycles. The molecule has 1 aromatic rings. The lowest BCUT2D eigenvalue weighted by Gasteiger charge is -2.07. The van der Waals surface area contributed by atoms with Crippen LogP contribution in [0.1, 0.15) is 21.5 Å². The van der Waals surface area contributed by atoms with Gasteiger partial charge in [0, 0.05) is 12.6 Å². The highest BCUT2D eigenvalue weighted by atomic mass is 16.5. The van der Waals surface area contributed by atoms with Gasteiger partial charge in [0.2, 0.25) is 0 Å². The van der Waals surface area contributed by atoms with Crippen LogP contribution in [0.2, 0.25) is 0 Å².